The average molecular weight is 399 g/mol. The normalized spacial score (nSPS) is 23.6. The van der Waals surface area contributed by atoms with Crippen molar-refractivity contribution in [1.82, 2.24) is 24.8 Å². The predicted octanol–water partition coefficient (Wildman–Crippen LogP) is 1.19. The number of aryl methyl sites for hydroxylation is 1. The van der Waals surface area contributed by atoms with Gasteiger partial charge in [0.2, 0.25) is 5.91 Å². The summed E-state index contributed by atoms with van der Waals surface area (Å²) in [6, 6.07) is 5.46. The Kier molecular flexibility index (Phi) is 5.82. The van der Waals surface area contributed by atoms with Crippen LogP contribution in [-0.4, -0.2) is 58.2 Å². The van der Waals surface area contributed by atoms with Crippen molar-refractivity contribution in [2.45, 2.75) is 38.8 Å². The number of nitrogens with one attached hydrogen (secondary N) is 2. The lowest BCUT2D eigenvalue weighted by Gasteiger charge is -2.47. The molecule has 1 fully saturated rings. The van der Waals surface area contributed by atoms with Crippen LogP contribution < -0.4 is 10.9 Å². The van der Waals surface area contributed by atoms with Crippen LogP contribution in [0.15, 0.2) is 29.3 Å². The second kappa shape index (κ2) is 8.51. The van der Waals surface area contributed by atoms with E-state index in [1.807, 2.05) is 24.5 Å². The number of nitrogens with zero attached hydrogens (tertiary/aromatic N) is 3. The second-order valence-corrected chi connectivity index (χ2v) is 8.03. The van der Waals surface area contributed by atoms with E-state index in [1.54, 1.807) is 12.4 Å². The fourth-order valence-corrected chi connectivity index (χ4v) is 4.75. The number of ether oxygens (including phenoxy) is 1. The maximum absolute atomic E-state index is 12.7. The molecule has 8 nitrogen and oxygen atoms in total. The Balaban J connectivity index is 1.56. The molecule has 156 valence electrons. The van der Waals surface area contributed by atoms with Crippen LogP contribution in [0.1, 0.15) is 42.4 Å². The van der Waals surface area contributed by atoms with E-state index in [1.165, 1.54) is 0 Å². The van der Waals surface area contributed by atoms with Gasteiger partial charge in [-0.2, -0.15) is 0 Å². The number of piperidine rings is 1. The van der Waals surface area contributed by atoms with Crippen LogP contribution in [0.3, 0.4) is 0 Å². The fourth-order valence-electron chi connectivity index (χ4n) is 4.75. The van der Waals surface area contributed by atoms with Gasteiger partial charge in [0.05, 0.1) is 18.1 Å². The van der Waals surface area contributed by atoms with Crippen molar-refractivity contribution in [3.05, 3.63) is 52.0 Å². The zero-order valence-electron chi connectivity index (χ0n) is 17.1. The van der Waals surface area contributed by atoms with Crippen LogP contribution in [0.4, 0.5) is 0 Å². The molecule has 2 N–H and O–H groups in total. The molecule has 2 aliphatic rings. The van der Waals surface area contributed by atoms with Gasteiger partial charge in [0.15, 0.2) is 0 Å². The lowest BCUT2D eigenvalue weighted by Crippen LogP contribution is -2.52. The molecule has 4 rings (SSSR count). The summed E-state index contributed by atoms with van der Waals surface area (Å²) in [5, 5.41) is 2.97. The highest BCUT2D eigenvalue weighted by Crippen LogP contribution is 2.41. The number of carbonyl (C=O) groups is 1. The number of pyridine rings is 1. The van der Waals surface area contributed by atoms with Crippen molar-refractivity contribution in [1.29, 1.82) is 0 Å². The standard InChI is InChI=1S/C21H29N5O3/c1-3-29-12-20(27)22-8-19-16-7-15(18-5-4-6-21(28)26(18)19)9-25(10-16)11-17-14(2)23-13-24-17/h4-6,13,15-16,19H,3,7-12H2,1-2H3,(H,22,27)(H,23,24)/t15-,16+,19+/m1/s1. The number of likely N-dealkylation sites (tertiary alicyclic amines) is 1. The van der Waals surface area contributed by atoms with Gasteiger partial charge in [-0.15, -0.1) is 0 Å². The average Bonchev–Trinajstić information content (AvgIpc) is 3.11. The van der Waals surface area contributed by atoms with Gasteiger partial charge in [-0.1, -0.05) is 6.07 Å². The SMILES string of the molecule is CCOCC(=O)NC[C@H]1[C@H]2C[C@H](CN(Cc3nc[nH]c3C)C2)c2cccc(=O)n21. The van der Waals surface area contributed by atoms with E-state index >= 15 is 0 Å². The fraction of sp³-hybridized carbons (Fsp3) is 0.571. The summed E-state index contributed by atoms with van der Waals surface area (Å²) in [5.41, 5.74) is 3.24. The number of H-pyrrole nitrogens is 1. The van der Waals surface area contributed by atoms with Gasteiger partial charge >= 0.3 is 0 Å². The molecule has 1 amide bonds. The first-order valence-corrected chi connectivity index (χ1v) is 10.3. The number of rotatable bonds is 7. The molecule has 8 heteroatoms. The Bertz CT molecular complexity index is 921. The topological polar surface area (TPSA) is 92.2 Å². The third-order valence-electron chi connectivity index (χ3n) is 6.13. The molecule has 2 aromatic heterocycles. The van der Waals surface area contributed by atoms with E-state index < -0.39 is 0 Å². The number of carbonyl (C=O) groups excluding carboxylic acids is 1. The highest BCUT2D eigenvalue weighted by atomic mass is 16.5. The van der Waals surface area contributed by atoms with Crippen LogP contribution in [-0.2, 0) is 16.1 Å². The molecule has 0 saturated carbocycles. The van der Waals surface area contributed by atoms with Crippen LogP contribution in [0, 0.1) is 12.8 Å². The Morgan fingerprint density at radius 1 is 1.38 bits per heavy atom. The molecule has 0 spiro atoms. The van der Waals surface area contributed by atoms with Crippen molar-refractivity contribution >= 4 is 5.91 Å². The van der Waals surface area contributed by atoms with Crippen LogP contribution in [0.2, 0.25) is 0 Å². The summed E-state index contributed by atoms with van der Waals surface area (Å²) in [5.74, 6) is 0.476. The largest absolute Gasteiger partial charge is 0.372 e. The van der Waals surface area contributed by atoms with Gasteiger partial charge in [0.25, 0.3) is 5.56 Å². The van der Waals surface area contributed by atoms with Gasteiger partial charge in [-0.05, 0) is 32.3 Å². The van der Waals surface area contributed by atoms with Gasteiger partial charge in [-0.3, -0.25) is 14.5 Å². The number of aromatic amines is 1. The van der Waals surface area contributed by atoms with E-state index in [0.717, 1.165) is 43.1 Å². The number of imidazole rings is 1. The number of amides is 1. The Hall–Kier alpha value is -2.45. The molecule has 0 aliphatic carbocycles. The summed E-state index contributed by atoms with van der Waals surface area (Å²) >= 11 is 0. The van der Waals surface area contributed by atoms with Crippen molar-refractivity contribution in [2.24, 2.45) is 5.92 Å². The molecule has 2 bridgehead atoms. The van der Waals surface area contributed by atoms with Crippen LogP contribution >= 0.6 is 0 Å². The molecule has 2 aromatic rings. The Morgan fingerprint density at radius 3 is 3.00 bits per heavy atom. The first-order valence-electron chi connectivity index (χ1n) is 10.3. The molecule has 29 heavy (non-hydrogen) atoms. The lowest BCUT2D eigenvalue weighted by atomic mass is 9.78. The number of aromatic nitrogens is 3. The predicted molar refractivity (Wildman–Crippen MR) is 109 cm³/mol. The molecule has 2 aliphatic heterocycles. The first-order chi connectivity index (χ1) is 14.1. The molecular weight excluding hydrogens is 370 g/mol. The molecule has 3 atom stereocenters. The summed E-state index contributed by atoms with van der Waals surface area (Å²) in [6.45, 7) is 7.49. The molecule has 0 aromatic carbocycles. The third kappa shape index (κ3) is 4.13. The molecular formula is C21H29N5O3. The number of hydrogen-bond acceptors (Lipinski definition) is 5. The lowest BCUT2D eigenvalue weighted by molar-refractivity contribution is -0.125. The highest BCUT2D eigenvalue weighted by Gasteiger charge is 2.40. The zero-order valence-corrected chi connectivity index (χ0v) is 17.1. The monoisotopic (exact) mass is 399 g/mol. The van der Waals surface area contributed by atoms with Gasteiger partial charge < -0.3 is 19.6 Å². The Morgan fingerprint density at radius 2 is 2.24 bits per heavy atom. The summed E-state index contributed by atoms with van der Waals surface area (Å²) in [6.07, 6.45) is 2.77. The summed E-state index contributed by atoms with van der Waals surface area (Å²) in [7, 11) is 0. The minimum atomic E-state index is -0.140. The van der Waals surface area contributed by atoms with Crippen LogP contribution in [0.5, 0.6) is 0 Å². The van der Waals surface area contributed by atoms with E-state index in [0.29, 0.717) is 25.0 Å². The third-order valence-corrected chi connectivity index (χ3v) is 6.13. The van der Waals surface area contributed by atoms with E-state index in [2.05, 4.69) is 26.3 Å². The molecule has 0 unspecified atom stereocenters. The van der Waals surface area contributed by atoms with Crippen molar-refractivity contribution in [3.63, 3.8) is 0 Å². The van der Waals surface area contributed by atoms with Crippen molar-refractivity contribution in [2.75, 3.05) is 32.8 Å². The summed E-state index contributed by atoms with van der Waals surface area (Å²) in [4.78, 5) is 34.8. The van der Waals surface area contributed by atoms with Crippen molar-refractivity contribution < 1.29 is 9.53 Å². The molecule has 0 radical (unpaired) electrons. The maximum Gasteiger partial charge on any atom is 0.251 e. The van der Waals surface area contributed by atoms with Gasteiger partial charge in [0, 0.05) is 56.2 Å². The second-order valence-electron chi connectivity index (χ2n) is 8.03. The summed E-state index contributed by atoms with van der Waals surface area (Å²) < 4.78 is 7.11. The number of hydrogen-bond donors (Lipinski definition) is 2. The molecule has 1 saturated heterocycles. The quantitative estimate of drug-likeness (QED) is 0.730. The zero-order chi connectivity index (χ0) is 20.4. The molecule has 4 heterocycles. The minimum absolute atomic E-state index is 0.0119. The smallest absolute Gasteiger partial charge is 0.251 e. The highest BCUT2D eigenvalue weighted by molar-refractivity contribution is 5.77. The minimum Gasteiger partial charge on any atom is -0.372 e. The first kappa shape index (κ1) is 19.8. The Labute approximate surface area is 170 Å². The van der Waals surface area contributed by atoms with Gasteiger partial charge in [0.1, 0.15) is 6.61 Å². The van der Waals surface area contributed by atoms with E-state index in [4.69, 9.17) is 4.74 Å². The van der Waals surface area contributed by atoms with Crippen LogP contribution in [0.25, 0.3) is 0 Å². The van der Waals surface area contributed by atoms with E-state index in [9.17, 15) is 9.59 Å². The van der Waals surface area contributed by atoms with E-state index in [-0.39, 0.29) is 24.1 Å². The van der Waals surface area contributed by atoms with Gasteiger partial charge in [-0.25, -0.2) is 4.98 Å². The number of fused-ring (bicyclic) bond motifs is 4. The van der Waals surface area contributed by atoms with Crippen molar-refractivity contribution in [3.8, 4) is 0 Å². The maximum atomic E-state index is 12.7.